The van der Waals surface area contributed by atoms with E-state index in [2.05, 4.69) is 11.4 Å². The lowest BCUT2D eigenvalue weighted by atomic mass is 10.0. The molecule has 62 valence electrons. The Balaban J connectivity index is 2.43. The predicted octanol–water partition coefficient (Wildman–Crippen LogP) is 2.12. The van der Waals surface area contributed by atoms with Gasteiger partial charge in [0.2, 0.25) is 0 Å². The highest BCUT2D eigenvalue weighted by atomic mass is 31.1. The zero-order valence-electron chi connectivity index (χ0n) is 6.66. The molecular formula is C9H10NOP. The molecule has 0 saturated heterocycles. The van der Waals surface area contributed by atoms with Gasteiger partial charge in [-0.3, -0.25) is 4.57 Å². The maximum Gasteiger partial charge on any atom is 0.179 e. The highest BCUT2D eigenvalue weighted by molar-refractivity contribution is 7.24. The Labute approximate surface area is 73.2 Å². The molecule has 0 spiro atoms. The van der Waals surface area contributed by atoms with Crippen molar-refractivity contribution >= 4 is 8.46 Å². The second kappa shape index (κ2) is 3.34. The van der Waals surface area contributed by atoms with E-state index >= 15 is 0 Å². The van der Waals surface area contributed by atoms with Crippen LogP contribution in [-0.4, -0.2) is 6.54 Å². The molecule has 0 aromatic heterocycles. The molecule has 0 aliphatic carbocycles. The molecule has 1 unspecified atom stereocenters. The molecule has 2 nitrogen and oxygen atoms in total. The lowest BCUT2D eigenvalue weighted by molar-refractivity contribution is 0.563. The SMILES string of the molecule is O=PC1NCCc2ccccc21. The van der Waals surface area contributed by atoms with Gasteiger partial charge in [-0.2, -0.15) is 0 Å². The maximum absolute atomic E-state index is 10.8. The summed E-state index contributed by atoms with van der Waals surface area (Å²) in [6.45, 7) is 0.928. The van der Waals surface area contributed by atoms with Gasteiger partial charge in [0.05, 0.1) is 0 Å². The molecule has 1 aliphatic heterocycles. The molecule has 0 radical (unpaired) electrons. The smallest absolute Gasteiger partial charge is 0.179 e. The first-order chi connectivity index (χ1) is 5.92. The average molecular weight is 179 g/mol. The molecule has 1 atom stereocenters. The second-order valence-electron chi connectivity index (χ2n) is 2.91. The molecule has 0 saturated carbocycles. The summed E-state index contributed by atoms with van der Waals surface area (Å²) in [7, 11) is 0.170. The standard InChI is InChI=1S/C9H10NOP/c11-12-9-8-4-2-1-3-7(8)5-6-10-9/h1-4,9-10H,5-6H2. The molecule has 12 heavy (non-hydrogen) atoms. The van der Waals surface area contributed by atoms with Crippen molar-refractivity contribution in [2.75, 3.05) is 6.54 Å². The van der Waals surface area contributed by atoms with E-state index in [1.54, 1.807) is 0 Å². The fourth-order valence-electron chi connectivity index (χ4n) is 1.58. The Hall–Kier alpha value is -0.720. The van der Waals surface area contributed by atoms with Gasteiger partial charge >= 0.3 is 0 Å². The van der Waals surface area contributed by atoms with Crippen molar-refractivity contribution in [3.05, 3.63) is 35.4 Å². The summed E-state index contributed by atoms with van der Waals surface area (Å²) in [6, 6.07) is 8.17. The summed E-state index contributed by atoms with van der Waals surface area (Å²) in [4.78, 5) is 0. The lowest BCUT2D eigenvalue weighted by Crippen LogP contribution is -2.26. The minimum absolute atomic E-state index is 0.00921. The molecular weight excluding hydrogens is 169 g/mol. The largest absolute Gasteiger partial charge is 0.300 e. The van der Waals surface area contributed by atoms with Gasteiger partial charge in [0.25, 0.3) is 0 Å². The number of hydrogen-bond donors (Lipinski definition) is 1. The van der Waals surface area contributed by atoms with Gasteiger partial charge < -0.3 is 5.32 Å². The van der Waals surface area contributed by atoms with Gasteiger partial charge in [-0.1, -0.05) is 24.3 Å². The highest BCUT2D eigenvalue weighted by Gasteiger charge is 2.18. The van der Waals surface area contributed by atoms with Crippen molar-refractivity contribution in [1.82, 2.24) is 5.32 Å². The summed E-state index contributed by atoms with van der Waals surface area (Å²) in [5, 5.41) is 3.20. The van der Waals surface area contributed by atoms with E-state index in [1.807, 2.05) is 18.2 Å². The van der Waals surface area contributed by atoms with Crippen molar-refractivity contribution < 1.29 is 4.57 Å². The molecule has 2 rings (SSSR count). The van der Waals surface area contributed by atoms with E-state index in [-0.39, 0.29) is 14.2 Å². The Morgan fingerprint density at radius 3 is 3.08 bits per heavy atom. The van der Waals surface area contributed by atoms with Crippen LogP contribution in [0.5, 0.6) is 0 Å². The van der Waals surface area contributed by atoms with E-state index in [9.17, 15) is 4.57 Å². The minimum Gasteiger partial charge on any atom is -0.300 e. The third-order valence-electron chi connectivity index (χ3n) is 2.19. The fraction of sp³-hybridized carbons (Fsp3) is 0.333. The maximum atomic E-state index is 10.8. The van der Waals surface area contributed by atoms with Crippen molar-refractivity contribution in [2.45, 2.75) is 12.2 Å². The minimum atomic E-state index is 0.00921. The zero-order valence-corrected chi connectivity index (χ0v) is 7.55. The van der Waals surface area contributed by atoms with Crippen LogP contribution < -0.4 is 5.32 Å². The van der Waals surface area contributed by atoms with E-state index in [1.165, 1.54) is 11.1 Å². The topological polar surface area (TPSA) is 29.1 Å². The Morgan fingerprint density at radius 2 is 2.25 bits per heavy atom. The van der Waals surface area contributed by atoms with Gasteiger partial charge in [0, 0.05) is 6.54 Å². The van der Waals surface area contributed by atoms with E-state index in [0.717, 1.165) is 13.0 Å². The van der Waals surface area contributed by atoms with Crippen LogP contribution in [0, 0.1) is 0 Å². The van der Waals surface area contributed by atoms with Gasteiger partial charge in [-0.15, -0.1) is 0 Å². The summed E-state index contributed by atoms with van der Waals surface area (Å²) in [5.74, 6) is 0.00921. The normalized spacial score (nSPS) is 22.2. The Morgan fingerprint density at radius 1 is 1.42 bits per heavy atom. The van der Waals surface area contributed by atoms with Gasteiger partial charge in [0.15, 0.2) is 8.46 Å². The molecule has 1 aromatic carbocycles. The zero-order chi connectivity index (χ0) is 8.39. The number of nitrogens with one attached hydrogen (secondary N) is 1. The van der Waals surface area contributed by atoms with Crippen LogP contribution in [0.2, 0.25) is 0 Å². The first kappa shape index (κ1) is 7.90. The van der Waals surface area contributed by atoms with E-state index < -0.39 is 0 Å². The van der Waals surface area contributed by atoms with Gasteiger partial charge in [-0.25, -0.2) is 0 Å². The van der Waals surface area contributed by atoms with Crippen LogP contribution in [0.1, 0.15) is 16.9 Å². The quantitative estimate of drug-likeness (QED) is 0.669. The molecule has 1 N–H and O–H groups in total. The van der Waals surface area contributed by atoms with Crippen LogP contribution in [0.3, 0.4) is 0 Å². The molecule has 0 bridgehead atoms. The fourth-order valence-corrected chi connectivity index (χ4v) is 2.15. The number of benzene rings is 1. The van der Waals surface area contributed by atoms with Crippen molar-refractivity contribution in [3.63, 3.8) is 0 Å². The third-order valence-corrected chi connectivity index (χ3v) is 2.86. The van der Waals surface area contributed by atoms with Crippen LogP contribution in [0.25, 0.3) is 0 Å². The van der Waals surface area contributed by atoms with Crippen LogP contribution >= 0.6 is 8.46 Å². The molecule has 1 aliphatic rings. The molecule has 3 heteroatoms. The van der Waals surface area contributed by atoms with Crippen molar-refractivity contribution in [2.24, 2.45) is 0 Å². The predicted molar refractivity (Wildman–Crippen MR) is 48.5 cm³/mol. The number of hydrogen-bond acceptors (Lipinski definition) is 2. The summed E-state index contributed by atoms with van der Waals surface area (Å²) in [5.41, 5.74) is 2.50. The second-order valence-corrected chi connectivity index (χ2v) is 3.64. The molecule has 1 aromatic rings. The Bertz CT molecular complexity index is 300. The summed E-state index contributed by atoms with van der Waals surface area (Å²) in [6.07, 6.45) is 1.04. The monoisotopic (exact) mass is 179 g/mol. The summed E-state index contributed by atoms with van der Waals surface area (Å²) >= 11 is 0. The van der Waals surface area contributed by atoms with Gasteiger partial charge in [-0.05, 0) is 17.5 Å². The number of fused-ring (bicyclic) bond motifs is 1. The van der Waals surface area contributed by atoms with Crippen LogP contribution in [0.15, 0.2) is 24.3 Å². The summed E-state index contributed by atoms with van der Waals surface area (Å²) < 4.78 is 10.8. The van der Waals surface area contributed by atoms with E-state index in [4.69, 9.17) is 0 Å². The van der Waals surface area contributed by atoms with Crippen LogP contribution in [0.4, 0.5) is 0 Å². The highest BCUT2D eigenvalue weighted by Crippen LogP contribution is 2.29. The molecule has 0 amide bonds. The molecule has 1 heterocycles. The van der Waals surface area contributed by atoms with Crippen molar-refractivity contribution in [1.29, 1.82) is 0 Å². The third kappa shape index (κ3) is 1.28. The van der Waals surface area contributed by atoms with E-state index in [0.29, 0.717) is 0 Å². The van der Waals surface area contributed by atoms with Crippen molar-refractivity contribution in [3.8, 4) is 0 Å². The Kier molecular flexibility index (Phi) is 2.20. The van der Waals surface area contributed by atoms with Gasteiger partial charge in [0.1, 0.15) is 5.78 Å². The average Bonchev–Trinajstić information content (AvgIpc) is 2.17. The number of rotatable bonds is 1. The lowest BCUT2D eigenvalue weighted by Gasteiger charge is -2.21. The first-order valence-electron chi connectivity index (χ1n) is 4.05. The first-order valence-corrected chi connectivity index (χ1v) is 4.93. The molecule has 0 fully saturated rings. The van der Waals surface area contributed by atoms with Crippen LogP contribution in [-0.2, 0) is 11.0 Å².